The fourth-order valence-electron chi connectivity index (χ4n) is 1.62. The van der Waals surface area contributed by atoms with Crippen LogP contribution in [0.5, 0.6) is 5.75 Å². The summed E-state index contributed by atoms with van der Waals surface area (Å²) < 4.78 is 5.37. The van der Waals surface area contributed by atoms with Gasteiger partial charge in [0.2, 0.25) is 5.91 Å². The second-order valence-electron chi connectivity index (χ2n) is 4.20. The van der Waals surface area contributed by atoms with Crippen molar-refractivity contribution < 1.29 is 9.53 Å². The topological polar surface area (TPSA) is 64.4 Å². The van der Waals surface area contributed by atoms with E-state index in [4.69, 9.17) is 10.5 Å². The molecule has 1 unspecified atom stereocenters. The second-order valence-corrected chi connectivity index (χ2v) is 4.20. The highest BCUT2D eigenvalue weighted by molar-refractivity contribution is 5.94. The number of hydrogen-bond donors (Lipinski definition) is 2. The van der Waals surface area contributed by atoms with Gasteiger partial charge in [0, 0.05) is 11.8 Å². The lowest BCUT2D eigenvalue weighted by Crippen LogP contribution is -2.35. The summed E-state index contributed by atoms with van der Waals surface area (Å²) in [5, 5.41) is 2.81. The molecule has 0 saturated heterocycles. The molecule has 4 heteroatoms. The molecule has 0 aromatic heterocycles. The van der Waals surface area contributed by atoms with Crippen LogP contribution in [0.25, 0.3) is 0 Å². The normalized spacial score (nSPS) is 11.9. The molecule has 1 aromatic carbocycles. The maximum atomic E-state index is 11.8. The van der Waals surface area contributed by atoms with E-state index >= 15 is 0 Å². The van der Waals surface area contributed by atoms with E-state index in [1.165, 1.54) is 0 Å². The van der Waals surface area contributed by atoms with E-state index < -0.39 is 6.04 Å². The van der Waals surface area contributed by atoms with Gasteiger partial charge in [-0.25, -0.2) is 0 Å². The van der Waals surface area contributed by atoms with E-state index in [0.29, 0.717) is 13.0 Å². The Labute approximate surface area is 109 Å². The monoisotopic (exact) mass is 250 g/mol. The van der Waals surface area contributed by atoms with Gasteiger partial charge in [-0.1, -0.05) is 25.8 Å². The van der Waals surface area contributed by atoms with Gasteiger partial charge in [0.1, 0.15) is 5.75 Å². The van der Waals surface area contributed by atoms with Gasteiger partial charge in [0.15, 0.2) is 0 Å². The molecule has 0 aliphatic carbocycles. The molecule has 4 nitrogen and oxygen atoms in total. The van der Waals surface area contributed by atoms with Gasteiger partial charge in [-0.05, 0) is 25.5 Å². The predicted molar refractivity (Wildman–Crippen MR) is 73.7 cm³/mol. The summed E-state index contributed by atoms with van der Waals surface area (Å²) in [4.78, 5) is 11.8. The van der Waals surface area contributed by atoms with Crippen molar-refractivity contribution >= 4 is 11.6 Å². The lowest BCUT2D eigenvalue weighted by atomic mass is 10.1. The number of nitrogens with one attached hydrogen (secondary N) is 1. The number of ether oxygens (including phenoxy) is 1. The molecule has 1 amide bonds. The first kappa shape index (κ1) is 14.5. The summed E-state index contributed by atoms with van der Waals surface area (Å²) in [5.41, 5.74) is 6.52. The zero-order valence-electron chi connectivity index (χ0n) is 11.1. The van der Waals surface area contributed by atoms with E-state index in [0.717, 1.165) is 24.3 Å². The van der Waals surface area contributed by atoms with Crippen molar-refractivity contribution in [3.8, 4) is 5.75 Å². The maximum Gasteiger partial charge on any atom is 0.241 e. The lowest BCUT2D eigenvalue weighted by Gasteiger charge is -2.12. The van der Waals surface area contributed by atoms with E-state index in [2.05, 4.69) is 12.2 Å². The summed E-state index contributed by atoms with van der Waals surface area (Å²) in [5.74, 6) is 0.606. The fraction of sp³-hybridized carbons (Fsp3) is 0.500. The summed E-state index contributed by atoms with van der Waals surface area (Å²) in [6, 6.07) is 6.88. The highest BCUT2D eigenvalue weighted by Gasteiger charge is 2.12. The molecule has 18 heavy (non-hydrogen) atoms. The van der Waals surface area contributed by atoms with Crippen LogP contribution in [-0.2, 0) is 4.79 Å². The van der Waals surface area contributed by atoms with Crippen molar-refractivity contribution in [2.45, 2.75) is 39.2 Å². The van der Waals surface area contributed by atoms with Gasteiger partial charge in [0.05, 0.1) is 12.6 Å². The van der Waals surface area contributed by atoms with Crippen LogP contribution in [-0.4, -0.2) is 18.6 Å². The molecule has 0 radical (unpaired) electrons. The van der Waals surface area contributed by atoms with Crippen LogP contribution in [0.4, 0.5) is 5.69 Å². The molecular weight excluding hydrogens is 228 g/mol. The van der Waals surface area contributed by atoms with Crippen LogP contribution in [0.15, 0.2) is 24.3 Å². The van der Waals surface area contributed by atoms with Crippen LogP contribution in [0.3, 0.4) is 0 Å². The molecule has 0 heterocycles. The molecule has 1 aromatic rings. The number of benzene rings is 1. The summed E-state index contributed by atoms with van der Waals surface area (Å²) in [7, 11) is 0. The quantitative estimate of drug-likeness (QED) is 0.781. The van der Waals surface area contributed by atoms with Crippen LogP contribution < -0.4 is 15.8 Å². The van der Waals surface area contributed by atoms with Crippen molar-refractivity contribution in [3.05, 3.63) is 24.3 Å². The molecule has 0 fully saturated rings. The fourth-order valence-corrected chi connectivity index (χ4v) is 1.62. The Bertz CT molecular complexity index is 380. The van der Waals surface area contributed by atoms with Gasteiger partial charge >= 0.3 is 0 Å². The Morgan fingerprint density at radius 2 is 2.22 bits per heavy atom. The smallest absolute Gasteiger partial charge is 0.241 e. The first-order chi connectivity index (χ1) is 8.67. The molecule has 1 rings (SSSR count). The zero-order valence-corrected chi connectivity index (χ0v) is 11.1. The highest BCUT2D eigenvalue weighted by Crippen LogP contribution is 2.17. The van der Waals surface area contributed by atoms with Gasteiger partial charge in [-0.3, -0.25) is 4.79 Å². The zero-order chi connectivity index (χ0) is 13.4. The molecule has 3 N–H and O–H groups in total. The summed E-state index contributed by atoms with van der Waals surface area (Å²) in [6.07, 6.45) is 2.72. The Hall–Kier alpha value is -1.55. The molecule has 0 aliphatic rings. The van der Waals surface area contributed by atoms with E-state index in [9.17, 15) is 4.79 Å². The first-order valence-electron chi connectivity index (χ1n) is 6.46. The van der Waals surface area contributed by atoms with Gasteiger partial charge in [0.25, 0.3) is 0 Å². The molecule has 100 valence electrons. The number of unbranched alkanes of at least 4 members (excludes halogenated alkanes) is 1. The van der Waals surface area contributed by atoms with Crippen molar-refractivity contribution in [2.24, 2.45) is 5.73 Å². The number of rotatable bonds is 7. The lowest BCUT2D eigenvalue weighted by molar-refractivity contribution is -0.117. The van der Waals surface area contributed by atoms with Gasteiger partial charge in [-0.2, -0.15) is 0 Å². The predicted octanol–water partition coefficient (Wildman–Crippen LogP) is 2.54. The number of carbonyl (C=O) groups is 1. The third kappa shape index (κ3) is 4.75. The van der Waals surface area contributed by atoms with Crippen molar-refractivity contribution in [1.82, 2.24) is 0 Å². The highest BCUT2D eigenvalue weighted by atomic mass is 16.5. The van der Waals surface area contributed by atoms with Crippen LogP contribution >= 0.6 is 0 Å². The van der Waals surface area contributed by atoms with E-state index in [1.807, 2.05) is 25.1 Å². The minimum atomic E-state index is -0.444. The van der Waals surface area contributed by atoms with Crippen molar-refractivity contribution in [3.63, 3.8) is 0 Å². The van der Waals surface area contributed by atoms with Gasteiger partial charge in [-0.15, -0.1) is 0 Å². The standard InChI is InChI=1S/C14H22N2O2/c1-3-5-9-13(15)14(17)16-11-7-6-8-12(10-11)18-4-2/h6-8,10,13H,3-5,9,15H2,1-2H3,(H,16,17). The Kier molecular flexibility index (Phi) is 6.22. The Morgan fingerprint density at radius 1 is 1.44 bits per heavy atom. The number of hydrogen-bond acceptors (Lipinski definition) is 3. The SMILES string of the molecule is CCCCC(N)C(=O)Nc1cccc(OCC)c1. The minimum absolute atomic E-state index is 0.142. The average molecular weight is 250 g/mol. The van der Waals surface area contributed by atoms with Crippen LogP contribution in [0, 0.1) is 0 Å². The van der Waals surface area contributed by atoms with Crippen molar-refractivity contribution in [1.29, 1.82) is 0 Å². The maximum absolute atomic E-state index is 11.8. The molecule has 0 spiro atoms. The largest absolute Gasteiger partial charge is 0.494 e. The van der Waals surface area contributed by atoms with E-state index in [-0.39, 0.29) is 5.91 Å². The second kappa shape index (κ2) is 7.71. The first-order valence-corrected chi connectivity index (χ1v) is 6.46. The number of carbonyl (C=O) groups excluding carboxylic acids is 1. The summed E-state index contributed by atoms with van der Waals surface area (Å²) >= 11 is 0. The van der Waals surface area contributed by atoms with E-state index in [1.54, 1.807) is 6.07 Å². The van der Waals surface area contributed by atoms with Crippen molar-refractivity contribution in [2.75, 3.05) is 11.9 Å². The molecule has 1 atom stereocenters. The van der Waals surface area contributed by atoms with Crippen LogP contribution in [0.2, 0.25) is 0 Å². The van der Waals surface area contributed by atoms with Gasteiger partial charge < -0.3 is 15.8 Å². The molecular formula is C14H22N2O2. The summed E-state index contributed by atoms with van der Waals surface area (Å²) in [6.45, 7) is 4.61. The minimum Gasteiger partial charge on any atom is -0.494 e. The molecule has 0 bridgehead atoms. The number of nitrogens with two attached hydrogens (primary N) is 1. The Balaban J connectivity index is 2.55. The number of amides is 1. The Morgan fingerprint density at radius 3 is 2.89 bits per heavy atom. The third-order valence-electron chi connectivity index (χ3n) is 2.62. The molecule has 0 aliphatic heterocycles. The third-order valence-corrected chi connectivity index (χ3v) is 2.62. The average Bonchev–Trinajstić information content (AvgIpc) is 2.36. The number of anilines is 1. The van der Waals surface area contributed by atoms with Crippen LogP contribution in [0.1, 0.15) is 33.1 Å². The molecule has 0 saturated carbocycles.